The van der Waals surface area contributed by atoms with E-state index in [0.29, 0.717) is 13.0 Å². The molecule has 1 aliphatic rings. The Bertz CT molecular complexity index is 701. The molecule has 0 aromatic carbocycles. The third-order valence-electron chi connectivity index (χ3n) is 3.87. The predicted molar refractivity (Wildman–Crippen MR) is 86.0 cm³/mol. The van der Waals surface area contributed by atoms with Gasteiger partial charge in [-0.2, -0.15) is 4.98 Å². The Labute approximate surface area is 133 Å². The average Bonchev–Trinajstić information content (AvgIpc) is 3.02. The van der Waals surface area contributed by atoms with E-state index in [4.69, 9.17) is 5.11 Å². The topological polar surface area (TPSA) is 68.0 Å². The lowest BCUT2D eigenvalue weighted by atomic mass is 10.2. The van der Waals surface area contributed by atoms with Crippen LogP contribution in [0.2, 0.25) is 0 Å². The van der Waals surface area contributed by atoms with Crippen molar-refractivity contribution in [2.24, 2.45) is 0 Å². The van der Waals surface area contributed by atoms with Crippen LogP contribution in [0, 0.1) is 0 Å². The van der Waals surface area contributed by atoms with Gasteiger partial charge in [0.05, 0.1) is 0 Å². The number of thioether (sulfide) groups is 1. The number of pyridine rings is 1. The maximum atomic E-state index is 12.3. The Hall–Kier alpha value is -1.66. The van der Waals surface area contributed by atoms with Gasteiger partial charge in [-0.3, -0.25) is 9.55 Å². The van der Waals surface area contributed by atoms with Gasteiger partial charge in [-0.1, -0.05) is 0 Å². The molecule has 2 heterocycles. The van der Waals surface area contributed by atoms with Crippen LogP contribution in [-0.2, 0) is 25.1 Å². The fourth-order valence-electron chi connectivity index (χ4n) is 2.80. The zero-order valence-corrected chi connectivity index (χ0v) is 13.2. The second-order valence-corrected chi connectivity index (χ2v) is 6.32. The third-order valence-corrected chi connectivity index (χ3v) is 4.95. The SMILES string of the molecule is O=c1nc(SCc2ccncc2)c2c(n1CCCO)CCC2. The van der Waals surface area contributed by atoms with Crippen LogP contribution in [0.25, 0.3) is 0 Å². The van der Waals surface area contributed by atoms with Crippen molar-refractivity contribution in [1.82, 2.24) is 14.5 Å². The molecule has 3 rings (SSSR count). The maximum absolute atomic E-state index is 12.3. The third kappa shape index (κ3) is 3.23. The van der Waals surface area contributed by atoms with Crippen LogP contribution in [-0.4, -0.2) is 26.2 Å². The molecule has 0 saturated carbocycles. The lowest BCUT2D eigenvalue weighted by Crippen LogP contribution is -2.27. The summed E-state index contributed by atoms with van der Waals surface area (Å²) in [5.74, 6) is 0.794. The summed E-state index contributed by atoms with van der Waals surface area (Å²) in [6, 6.07) is 3.96. The van der Waals surface area contributed by atoms with Crippen molar-refractivity contribution >= 4 is 11.8 Å². The largest absolute Gasteiger partial charge is 0.396 e. The quantitative estimate of drug-likeness (QED) is 0.650. The Morgan fingerprint density at radius 3 is 2.86 bits per heavy atom. The van der Waals surface area contributed by atoms with E-state index in [1.54, 1.807) is 28.7 Å². The van der Waals surface area contributed by atoms with Gasteiger partial charge in [0, 0.05) is 42.6 Å². The molecular formula is C16H19N3O2S. The molecule has 6 heteroatoms. The van der Waals surface area contributed by atoms with Crippen molar-refractivity contribution in [3.8, 4) is 0 Å². The van der Waals surface area contributed by atoms with Crippen LogP contribution >= 0.6 is 11.8 Å². The second-order valence-electron chi connectivity index (χ2n) is 5.35. The van der Waals surface area contributed by atoms with E-state index in [1.165, 1.54) is 11.1 Å². The van der Waals surface area contributed by atoms with Crippen LogP contribution in [0.4, 0.5) is 0 Å². The van der Waals surface area contributed by atoms with Crippen LogP contribution in [0.3, 0.4) is 0 Å². The van der Waals surface area contributed by atoms with Crippen molar-refractivity contribution in [2.45, 2.75) is 43.0 Å². The van der Waals surface area contributed by atoms with Crippen LogP contribution < -0.4 is 5.69 Å². The number of nitrogens with zero attached hydrogens (tertiary/aromatic N) is 3. The van der Waals surface area contributed by atoms with Crippen molar-refractivity contribution < 1.29 is 5.11 Å². The minimum atomic E-state index is -0.189. The first kappa shape index (κ1) is 15.2. The first-order valence-corrected chi connectivity index (χ1v) is 8.53. The molecule has 0 amide bonds. The van der Waals surface area contributed by atoms with Crippen molar-refractivity contribution in [1.29, 1.82) is 0 Å². The van der Waals surface area contributed by atoms with Gasteiger partial charge in [0.15, 0.2) is 0 Å². The van der Waals surface area contributed by atoms with E-state index >= 15 is 0 Å². The molecule has 1 aliphatic carbocycles. The summed E-state index contributed by atoms with van der Waals surface area (Å²) in [7, 11) is 0. The van der Waals surface area contributed by atoms with Gasteiger partial charge in [-0.15, -0.1) is 11.8 Å². The zero-order chi connectivity index (χ0) is 15.4. The van der Waals surface area contributed by atoms with Gasteiger partial charge in [0.1, 0.15) is 5.03 Å². The highest BCUT2D eigenvalue weighted by Gasteiger charge is 2.21. The number of aliphatic hydroxyl groups is 1. The number of aromatic nitrogens is 3. The van der Waals surface area contributed by atoms with E-state index in [2.05, 4.69) is 9.97 Å². The second kappa shape index (κ2) is 7.07. The molecular weight excluding hydrogens is 298 g/mol. The summed E-state index contributed by atoms with van der Waals surface area (Å²) in [6.07, 6.45) is 7.14. The molecule has 0 aliphatic heterocycles. The number of aliphatic hydroxyl groups excluding tert-OH is 1. The number of hydrogen-bond acceptors (Lipinski definition) is 5. The van der Waals surface area contributed by atoms with Gasteiger partial charge in [-0.25, -0.2) is 4.79 Å². The minimum Gasteiger partial charge on any atom is -0.396 e. The standard InChI is InChI=1S/C16H19N3O2S/c20-10-2-9-19-14-4-1-3-13(14)15(18-16(19)21)22-11-12-5-7-17-8-6-12/h5-8,20H,1-4,9-11H2. The minimum absolute atomic E-state index is 0.0970. The van der Waals surface area contributed by atoms with Crippen molar-refractivity contribution in [3.05, 3.63) is 51.8 Å². The molecule has 0 fully saturated rings. The first-order valence-electron chi connectivity index (χ1n) is 7.54. The highest BCUT2D eigenvalue weighted by atomic mass is 32.2. The molecule has 5 nitrogen and oxygen atoms in total. The van der Waals surface area contributed by atoms with E-state index in [1.807, 2.05) is 12.1 Å². The fourth-order valence-corrected chi connectivity index (χ4v) is 3.83. The molecule has 2 aromatic heterocycles. The molecule has 0 atom stereocenters. The first-order chi connectivity index (χ1) is 10.8. The Morgan fingerprint density at radius 2 is 2.09 bits per heavy atom. The summed E-state index contributed by atoms with van der Waals surface area (Å²) in [4.78, 5) is 20.6. The van der Waals surface area contributed by atoms with E-state index in [-0.39, 0.29) is 12.3 Å². The Kier molecular flexibility index (Phi) is 4.90. The molecule has 1 N–H and O–H groups in total. The van der Waals surface area contributed by atoms with Gasteiger partial charge < -0.3 is 5.11 Å². The lowest BCUT2D eigenvalue weighted by Gasteiger charge is -2.13. The zero-order valence-electron chi connectivity index (χ0n) is 12.4. The number of fused-ring (bicyclic) bond motifs is 1. The molecule has 116 valence electrons. The van der Waals surface area contributed by atoms with Gasteiger partial charge in [-0.05, 0) is 43.4 Å². The summed E-state index contributed by atoms with van der Waals surface area (Å²) in [5, 5.41) is 9.86. The molecule has 0 radical (unpaired) electrons. The number of hydrogen-bond donors (Lipinski definition) is 1. The maximum Gasteiger partial charge on any atom is 0.348 e. The summed E-state index contributed by atoms with van der Waals surface area (Å²) >= 11 is 1.62. The average molecular weight is 317 g/mol. The summed E-state index contributed by atoms with van der Waals surface area (Å²) in [5.41, 5.74) is 3.33. The normalized spacial score (nSPS) is 13.3. The van der Waals surface area contributed by atoms with Crippen molar-refractivity contribution in [3.63, 3.8) is 0 Å². The molecule has 0 unspecified atom stereocenters. The fraction of sp³-hybridized carbons (Fsp3) is 0.438. The molecule has 0 bridgehead atoms. The highest BCUT2D eigenvalue weighted by molar-refractivity contribution is 7.98. The number of rotatable bonds is 6. The van der Waals surface area contributed by atoms with Gasteiger partial charge in [0.2, 0.25) is 0 Å². The molecule has 2 aromatic rings. The van der Waals surface area contributed by atoms with E-state index in [9.17, 15) is 4.79 Å². The molecule has 22 heavy (non-hydrogen) atoms. The smallest absolute Gasteiger partial charge is 0.348 e. The summed E-state index contributed by atoms with van der Waals surface area (Å²) in [6.45, 7) is 0.653. The Balaban J connectivity index is 1.85. The van der Waals surface area contributed by atoms with Gasteiger partial charge >= 0.3 is 5.69 Å². The van der Waals surface area contributed by atoms with Gasteiger partial charge in [0.25, 0.3) is 0 Å². The lowest BCUT2D eigenvalue weighted by molar-refractivity contribution is 0.277. The highest BCUT2D eigenvalue weighted by Crippen LogP contribution is 2.30. The van der Waals surface area contributed by atoms with Crippen LogP contribution in [0.15, 0.2) is 34.3 Å². The molecule has 0 saturated heterocycles. The predicted octanol–water partition coefficient (Wildman–Crippen LogP) is 1.80. The van der Waals surface area contributed by atoms with E-state index < -0.39 is 0 Å². The monoisotopic (exact) mass is 317 g/mol. The van der Waals surface area contributed by atoms with Crippen molar-refractivity contribution in [2.75, 3.05) is 6.61 Å². The summed E-state index contributed by atoms with van der Waals surface area (Å²) < 4.78 is 1.75. The van der Waals surface area contributed by atoms with Crippen LogP contribution in [0.5, 0.6) is 0 Å². The van der Waals surface area contributed by atoms with E-state index in [0.717, 1.165) is 35.7 Å². The van der Waals surface area contributed by atoms with Crippen LogP contribution in [0.1, 0.15) is 29.7 Å². The molecule has 0 spiro atoms. The Morgan fingerprint density at radius 1 is 1.27 bits per heavy atom.